The van der Waals surface area contributed by atoms with Crippen LogP contribution in [0.1, 0.15) is 23.0 Å². The van der Waals surface area contributed by atoms with Gasteiger partial charge < -0.3 is 4.74 Å². The zero-order valence-electron chi connectivity index (χ0n) is 12.1. The number of rotatable bonds is 3. The summed E-state index contributed by atoms with van der Waals surface area (Å²) in [6, 6.07) is 9.35. The Balaban J connectivity index is 2.11. The number of anilines is 1. The van der Waals surface area contributed by atoms with Gasteiger partial charge in [0, 0.05) is 6.20 Å². The molecule has 1 aliphatic rings. The van der Waals surface area contributed by atoms with E-state index in [1.54, 1.807) is 18.2 Å². The monoisotopic (exact) mass is 318 g/mol. The number of carbonyl (C=O) groups excluding carboxylic acids is 2. The highest BCUT2D eigenvalue weighted by molar-refractivity contribution is 6.05. The predicted octanol–water partition coefficient (Wildman–Crippen LogP) is 2.80. The Labute approximate surface area is 130 Å². The molecule has 1 aromatic heterocycles. The standard InChI is InChI=1S/C16H12F2N2O3/c1-10(21)12-6-4-7-13-14(12)23-16(17,18)15(22)20(13)9-11-5-2-3-8-19-11/h2-8H,9H2,1H3. The number of ether oxygens (including phenoxy) is 1. The molecule has 1 amide bonds. The van der Waals surface area contributed by atoms with Crippen LogP contribution in [0.15, 0.2) is 42.6 Å². The van der Waals surface area contributed by atoms with Gasteiger partial charge in [0.2, 0.25) is 0 Å². The van der Waals surface area contributed by atoms with Gasteiger partial charge in [-0.2, -0.15) is 8.78 Å². The summed E-state index contributed by atoms with van der Waals surface area (Å²) in [6.07, 6.45) is -2.53. The minimum absolute atomic E-state index is 0.000644. The summed E-state index contributed by atoms with van der Waals surface area (Å²) in [6.45, 7) is 1.10. The number of alkyl halides is 2. The van der Waals surface area contributed by atoms with Crippen molar-refractivity contribution in [3.63, 3.8) is 0 Å². The molecule has 23 heavy (non-hydrogen) atoms. The van der Waals surface area contributed by atoms with Gasteiger partial charge in [0.15, 0.2) is 11.5 Å². The van der Waals surface area contributed by atoms with Gasteiger partial charge in [0.25, 0.3) is 0 Å². The number of halogens is 2. The average Bonchev–Trinajstić information content (AvgIpc) is 2.52. The number of benzene rings is 1. The second-order valence-corrected chi connectivity index (χ2v) is 5.04. The summed E-state index contributed by atoms with van der Waals surface area (Å²) in [5, 5.41) is 0. The minimum atomic E-state index is -4.03. The molecule has 0 atom stereocenters. The van der Waals surface area contributed by atoms with Gasteiger partial charge in [-0.1, -0.05) is 12.1 Å². The van der Waals surface area contributed by atoms with Crippen molar-refractivity contribution < 1.29 is 23.1 Å². The molecule has 0 N–H and O–H groups in total. The van der Waals surface area contributed by atoms with E-state index in [0.29, 0.717) is 5.69 Å². The highest BCUT2D eigenvalue weighted by atomic mass is 19.3. The molecule has 0 saturated carbocycles. The molecule has 118 valence electrons. The van der Waals surface area contributed by atoms with Crippen LogP contribution in [0.5, 0.6) is 5.75 Å². The molecule has 3 rings (SSSR count). The largest absolute Gasteiger partial charge is 0.483 e. The van der Waals surface area contributed by atoms with Crippen molar-refractivity contribution in [2.75, 3.05) is 4.90 Å². The quantitative estimate of drug-likeness (QED) is 0.817. The van der Waals surface area contributed by atoms with Crippen LogP contribution in [0.3, 0.4) is 0 Å². The highest BCUT2D eigenvalue weighted by Crippen LogP contribution is 2.42. The van der Waals surface area contributed by atoms with Crippen molar-refractivity contribution in [3.05, 3.63) is 53.9 Å². The van der Waals surface area contributed by atoms with Crippen molar-refractivity contribution >= 4 is 17.4 Å². The lowest BCUT2D eigenvalue weighted by Crippen LogP contribution is -2.50. The molecule has 0 bridgehead atoms. The van der Waals surface area contributed by atoms with E-state index in [1.807, 2.05) is 0 Å². The maximum absolute atomic E-state index is 13.9. The van der Waals surface area contributed by atoms with Gasteiger partial charge in [-0.25, -0.2) is 0 Å². The van der Waals surface area contributed by atoms with E-state index in [-0.39, 0.29) is 23.5 Å². The summed E-state index contributed by atoms with van der Waals surface area (Å²) in [5.74, 6) is -2.21. The number of hydrogen-bond acceptors (Lipinski definition) is 4. The Kier molecular flexibility index (Phi) is 3.55. The SMILES string of the molecule is CC(=O)c1cccc2c1OC(F)(F)C(=O)N2Cc1ccccn1. The van der Waals surface area contributed by atoms with Crippen molar-refractivity contribution in [1.29, 1.82) is 0 Å². The number of amides is 1. The normalized spacial score (nSPS) is 15.8. The van der Waals surface area contributed by atoms with Gasteiger partial charge >= 0.3 is 12.0 Å². The first-order valence-corrected chi connectivity index (χ1v) is 6.83. The van der Waals surface area contributed by atoms with Crippen molar-refractivity contribution in [2.45, 2.75) is 19.6 Å². The van der Waals surface area contributed by atoms with E-state index in [1.165, 1.54) is 31.3 Å². The fraction of sp³-hybridized carbons (Fsp3) is 0.188. The van der Waals surface area contributed by atoms with Crippen LogP contribution in [0.25, 0.3) is 0 Å². The number of hydrogen-bond donors (Lipinski definition) is 0. The summed E-state index contributed by atoms with van der Waals surface area (Å²) >= 11 is 0. The van der Waals surface area contributed by atoms with Crippen LogP contribution in [0.4, 0.5) is 14.5 Å². The maximum atomic E-state index is 13.9. The lowest BCUT2D eigenvalue weighted by Gasteiger charge is -2.34. The summed E-state index contributed by atoms with van der Waals surface area (Å²) in [4.78, 5) is 28.6. The molecular weight excluding hydrogens is 306 g/mol. The van der Waals surface area contributed by atoms with Crippen molar-refractivity contribution in [3.8, 4) is 5.75 Å². The fourth-order valence-electron chi connectivity index (χ4n) is 2.37. The molecule has 2 heterocycles. The third-order valence-corrected chi connectivity index (χ3v) is 3.43. The first-order valence-electron chi connectivity index (χ1n) is 6.83. The zero-order chi connectivity index (χ0) is 16.6. The Morgan fingerprint density at radius 1 is 1.26 bits per heavy atom. The molecule has 0 saturated heterocycles. The van der Waals surface area contributed by atoms with E-state index in [2.05, 4.69) is 9.72 Å². The van der Waals surface area contributed by atoms with Gasteiger partial charge in [-0.15, -0.1) is 0 Å². The van der Waals surface area contributed by atoms with Gasteiger partial charge in [0.1, 0.15) is 0 Å². The number of fused-ring (bicyclic) bond motifs is 1. The first kappa shape index (κ1) is 15.1. The van der Waals surface area contributed by atoms with Crippen LogP contribution in [-0.4, -0.2) is 22.8 Å². The molecule has 0 fully saturated rings. The Bertz CT molecular complexity index is 778. The Morgan fingerprint density at radius 2 is 2.04 bits per heavy atom. The molecule has 5 nitrogen and oxygen atoms in total. The fourth-order valence-corrected chi connectivity index (χ4v) is 2.37. The van der Waals surface area contributed by atoms with Crippen LogP contribution in [0, 0.1) is 0 Å². The lowest BCUT2D eigenvalue weighted by molar-refractivity contribution is -0.193. The third kappa shape index (κ3) is 2.65. The van der Waals surface area contributed by atoms with Crippen molar-refractivity contribution in [1.82, 2.24) is 4.98 Å². The van der Waals surface area contributed by atoms with Crippen LogP contribution in [0.2, 0.25) is 0 Å². The number of para-hydroxylation sites is 1. The number of pyridine rings is 1. The molecule has 1 aromatic carbocycles. The van der Waals surface area contributed by atoms with E-state index >= 15 is 0 Å². The topological polar surface area (TPSA) is 59.5 Å². The summed E-state index contributed by atoms with van der Waals surface area (Å²) < 4.78 is 32.4. The second-order valence-electron chi connectivity index (χ2n) is 5.04. The van der Waals surface area contributed by atoms with Gasteiger partial charge in [0.05, 0.1) is 23.5 Å². The third-order valence-electron chi connectivity index (χ3n) is 3.43. The van der Waals surface area contributed by atoms with E-state index in [0.717, 1.165) is 4.90 Å². The number of carbonyl (C=O) groups is 2. The highest BCUT2D eigenvalue weighted by Gasteiger charge is 2.51. The maximum Gasteiger partial charge on any atom is 0.483 e. The van der Waals surface area contributed by atoms with Gasteiger partial charge in [-0.3, -0.25) is 19.5 Å². The van der Waals surface area contributed by atoms with Crippen LogP contribution >= 0.6 is 0 Å². The molecule has 0 unspecified atom stereocenters. The van der Waals surface area contributed by atoms with Crippen LogP contribution in [-0.2, 0) is 11.3 Å². The number of Topliss-reactive ketones (excluding diaryl/α,β-unsaturated/α-hetero) is 1. The molecule has 0 aliphatic carbocycles. The molecule has 1 aliphatic heterocycles. The summed E-state index contributed by atoms with van der Waals surface area (Å²) in [5.41, 5.74) is 0.567. The Morgan fingerprint density at radius 3 is 2.70 bits per heavy atom. The van der Waals surface area contributed by atoms with Crippen molar-refractivity contribution in [2.24, 2.45) is 0 Å². The molecule has 7 heteroatoms. The first-order chi connectivity index (χ1) is 10.9. The predicted molar refractivity (Wildman–Crippen MR) is 77.4 cm³/mol. The van der Waals surface area contributed by atoms with Gasteiger partial charge in [-0.05, 0) is 31.2 Å². The van der Waals surface area contributed by atoms with Crippen LogP contribution < -0.4 is 9.64 Å². The molecule has 0 spiro atoms. The second kappa shape index (κ2) is 5.42. The lowest BCUT2D eigenvalue weighted by atomic mass is 10.1. The molecular formula is C16H12F2N2O3. The zero-order valence-corrected chi connectivity index (χ0v) is 12.1. The number of ketones is 1. The molecule has 2 aromatic rings. The van der Waals surface area contributed by atoms with E-state index in [4.69, 9.17) is 0 Å². The average molecular weight is 318 g/mol. The van der Waals surface area contributed by atoms with E-state index in [9.17, 15) is 18.4 Å². The number of aromatic nitrogens is 1. The number of nitrogens with zero attached hydrogens (tertiary/aromatic N) is 2. The van der Waals surface area contributed by atoms with E-state index < -0.39 is 17.8 Å². The Hall–Kier alpha value is -2.83. The summed E-state index contributed by atoms with van der Waals surface area (Å²) in [7, 11) is 0. The smallest absolute Gasteiger partial charge is 0.422 e. The minimum Gasteiger partial charge on any atom is -0.422 e. The molecule has 0 radical (unpaired) electrons.